The van der Waals surface area contributed by atoms with Crippen LogP contribution >= 0.6 is 0 Å². The number of nitrogens with zero attached hydrogens (tertiary/aromatic N) is 2. The van der Waals surface area contributed by atoms with E-state index >= 15 is 0 Å². The zero-order valence-corrected chi connectivity index (χ0v) is 11.3. The minimum atomic E-state index is 0.742. The molecule has 0 amide bonds. The van der Waals surface area contributed by atoms with Gasteiger partial charge in [-0.2, -0.15) is 0 Å². The molecule has 2 aromatic rings. The molecular weight excluding hydrogens is 234 g/mol. The van der Waals surface area contributed by atoms with Crippen molar-refractivity contribution >= 4 is 16.7 Å². The number of pyridine rings is 1. The Kier molecular flexibility index (Phi) is 3.65. The Morgan fingerprint density at radius 1 is 1.16 bits per heavy atom. The highest BCUT2D eigenvalue weighted by atomic mass is 15.2. The molecule has 0 atom stereocenters. The fraction of sp³-hybridized carbons (Fsp3) is 0.438. The Balaban J connectivity index is 2.04. The van der Waals surface area contributed by atoms with E-state index in [0.717, 1.165) is 38.0 Å². The van der Waals surface area contributed by atoms with Crippen LogP contribution in [0.25, 0.3) is 10.9 Å². The van der Waals surface area contributed by atoms with Gasteiger partial charge in [0.25, 0.3) is 0 Å². The molecule has 0 unspecified atom stereocenters. The summed E-state index contributed by atoms with van der Waals surface area (Å²) < 4.78 is 0. The van der Waals surface area contributed by atoms with E-state index in [-0.39, 0.29) is 0 Å². The van der Waals surface area contributed by atoms with Crippen molar-refractivity contribution in [1.29, 1.82) is 0 Å². The maximum atomic E-state index is 5.66. The third-order valence-electron chi connectivity index (χ3n) is 3.84. The topological polar surface area (TPSA) is 42.1 Å². The number of rotatable bonds is 4. The first-order valence-electron chi connectivity index (χ1n) is 7.22. The van der Waals surface area contributed by atoms with E-state index in [1.165, 1.54) is 29.6 Å². The molecule has 3 nitrogen and oxygen atoms in total. The minimum absolute atomic E-state index is 0.742. The second-order valence-corrected chi connectivity index (χ2v) is 5.25. The lowest BCUT2D eigenvalue weighted by Gasteiger charge is -2.21. The number of fused-ring (bicyclic) bond motifs is 1. The Bertz CT molecular complexity index is 559. The number of para-hydroxylation sites is 1. The second kappa shape index (κ2) is 5.57. The summed E-state index contributed by atoms with van der Waals surface area (Å²) in [6.07, 6.45) is 4.62. The molecule has 1 aromatic carbocycles. The van der Waals surface area contributed by atoms with Crippen molar-refractivity contribution in [3.63, 3.8) is 0 Å². The molecule has 1 aliphatic rings. The van der Waals surface area contributed by atoms with Crippen LogP contribution in [0.15, 0.2) is 30.3 Å². The lowest BCUT2D eigenvalue weighted by atomic mass is 10.1. The molecule has 2 N–H and O–H groups in total. The van der Waals surface area contributed by atoms with Gasteiger partial charge in [0.15, 0.2) is 0 Å². The monoisotopic (exact) mass is 255 g/mol. The quantitative estimate of drug-likeness (QED) is 0.913. The molecule has 0 spiro atoms. The first-order valence-corrected chi connectivity index (χ1v) is 7.22. The van der Waals surface area contributed by atoms with Crippen molar-refractivity contribution in [3.05, 3.63) is 35.9 Å². The van der Waals surface area contributed by atoms with E-state index in [9.17, 15) is 0 Å². The highest BCUT2D eigenvalue weighted by molar-refractivity contribution is 5.81. The van der Waals surface area contributed by atoms with Crippen LogP contribution in [-0.4, -0.2) is 24.6 Å². The molecule has 3 rings (SSSR count). The maximum Gasteiger partial charge on any atom is 0.132 e. The molecule has 100 valence electrons. The third-order valence-corrected chi connectivity index (χ3v) is 3.84. The molecular formula is C16H21N3. The number of hydrogen-bond acceptors (Lipinski definition) is 3. The lowest BCUT2D eigenvalue weighted by molar-refractivity contribution is 0.818. The van der Waals surface area contributed by atoms with Crippen LogP contribution in [0, 0.1) is 0 Å². The smallest absolute Gasteiger partial charge is 0.132 e. The fourth-order valence-electron chi connectivity index (χ4n) is 2.83. The molecule has 0 saturated carbocycles. The molecule has 1 aliphatic heterocycles. The van der Waals surface area contributed by atoms with Gasteiger partial charge in [-0.25, -0.2) is 4.98 Å². The number of nitrogens with two attached hydrogens (primary N) is 1. The summed E-state index contributed by atoms with van der Waals surface area (Å²) in [5.41, 5.74) is 8.11. The molecule has 1 saturated heterocycles. The summed E-state index contributed by atoms with van der Waals surface area (Å²) in [5.74, 6) is 1.18. The van der Waals surface area contributed by atoms with Crippen LogP contribution in [0.2, 0.25) is 0 Å². The molecule has 3 heteroatoms. The Morgan fingerprint density at radius 3 is 2.74 bits per heavy atom. The number of aryl methyl sites for hydroxylation is 1. The molecule has 0 aliphatic carbocycles. The van der Waals surface area contributed by atoms with Gasteiger partial charge in [-0.3, -0.25) is 0 Å². The second-order valence-electron chi connectivity index (χ2n) is 5.25. The normalized spacial score (nSPS) is 15.3. The van der Waals surface area contributed by atoms with Crippen LogP contribution in [0.3, 0.4) is 0 Å². The first-order chi connectivity index (χ1) is 9.38. The SMILES string of the molecule is NCCCc1cc2ccccc2nc1N1CCCC1. The Morgan fingerprint density at radius 2 is 1.95 bits per heavy atom. The lowest BCUT2D eigenvalue weighted by Crippen LogP contribution is -2.21. The molecule has 0 bridgehead atoms. The van der Waals surface area contributed by atoms with Crippen LogP contribution in [0.1, 0.15) is 24.8 Å². The van der Waals surface area contributed by atoms with E-state index in [0.29, 0.717) is 0 Å². The van der Waals surface area contributed by atoms with Gasteiger partial charge in [0, 0.05) is 18.5 Å². The van der Waals surface area contributed by atoms with E-state index in [1.807, 2.05) is 0 Å². The van der Waals surface area contributed by atoms with Crippen molar-refractivity contribution in [2.45, 2.75) is 25.7 Å². The molecule has 19 heavy (non-hydrogen) atoms. The maximum absolute atomic E-state index is 5.66. The van der Waals surface area contributed by atoms with Crippen molar-refractivity contribution in [1.82, 2.24) is 4.98 Å². The standard InChI is InChI=1S/C16H21N3/c17-9-5-7-14-12-13-6-1-2-8-15(13)18-16(14)19-10-3-4-11-19/h1-2,6,8,12H,3-5,7,9-11,17H2. The summed E-state index contributed by atoms with van der Waals surface area (Å²) in [6, 6.07) is 10.7. The van der Waals surface area contributed by atoms with Gasteiger partial charge < -0.3 is 10.6 Å². The van der Waals surface area contributed by atoms with Gasteiger partial charge in [0.2, 0.25) is 0 Å². The summed E-state index contributed by atoms with van der Waals surface area (Å²) >= 11 is 0. The fourth-order valence-corrected chi connectivity index (χ4v) is 2.83. The largest absolute Gasteiger partial charge is 0.356 e. The van der Waals surface area contributed by atoms with E-state index in [1.54, 1.807) is 0 Å². The highest BCUT2D eigenvalue weighted by Crippen LogP contribution is 2.27. The van der Waals surface area contributed by atoms with Crippen molar-refractivity contribution in [2.24, 2.45) is 5.73 Å². The summed E-state index contributed by atoms with van der Waals surface area (Å²) in [4.78, 5) is 7.32. The Hall–Kier alpha value is -1.61. The third kappa shape index (κ3) is 2.56. The summed E-state index contributed by atoms with van der Waals surface area (Å²) in [7, 11) is 0. The predicted molar refractivity (Wildman–Crippen MR) is 80.6 cm³/mol. The minimum Gasteiger partial charge on any atom is -0.356 e. The molecule has 1 aromatic heterocycles. The highest BCUT2D eigenvalue weighted by Gasteiger charge is 2.17. The van der Waals surface area contributed by atoms with E-state index in [2.05, 4.69) is 35.2 Å². The van der Waals surface area contributed by atoms with Gasteiger partial charge in [0.1, 0.15) is 5.82 Å². The van der Waals surface area contributed by atoms with Gasteiger partial charge in [-0.15, -0.1) is 0 Å². The average molecular weight is 255 g/mol. The van der Waals surface area contributed by atoms with Crippen LogP contribution < -0.4 is 10.6 Å². The number of benzene rings is 1. The number of aromatic nitrogens is 1. The number of anilines is 1. The van der Waals surface area contributed by atoms with Gasteiger partial charge in [-0.1, -0.05) is 18.2 Å². The van der Waals surface area contributed by atoms with Crippen LogP contribution in [-0.2, 0) is 6.42 Å². The van der Waals surface area contributed by atoms with Crippen LogP contribution in [0.5, 0.6) is 0 Å². The van der Waals surface area contributed by atoms with Gasteiger partial charge >= 0.3 is 0 Å². The Labute approximate surface area is 114 Å². The van der Waals surface area contributed by atoms with E-state index in [4.69, 9.17) is 10.7 Å². The number of hydrogen-bond donors (Lipinski definition) is 1. The van der Waals surface area contributed by atoms with Crippen molar-refractivity contribution < 1.29 is 0 Å². The van der Waals surface area contributed by atoms with Crippen molar-refractivity contribution in [3.8, 4) is 0 Å². The van der Waals surface area contributed by atoms with E-state index < -0.39 is 0 Å². The van der Waals surface area contributed by atoms with Gasteiger partial charge in [-0.05, 0) is 49.9 Å². The predicted octanol–water partition coefficient (Wildman–Crippen LogP) is 2.73. The first kappa shape index (κ1) is 12.4. The summed E-state index contributed by atoms with van der Waals surface area (Å²) in [6.45, 7) is 3.02. The van der Waals surface area contributed by atoms with Crippen LogP contribution in [0.4, 0.5) is 5.82 Å². The zero-order valence-electron chi connectivity index (χ0n) is 11.3. The van der Waals surface area contributed by atoms with Crippen molar-refractivity contribution in [2.75, 3.05) is 24.5 Å². The molecule has 1 fully saturated rings. The average Bonchev–Trinajstić information content (AvgIpc) is 2.98. The molecule has 0 radical (unpaired) electrons. The summed E-state index contributed by atoms with van der Waals surface area (Å²) in [5, 5.41) is 1.23. The zero-order chi connectivity index (χ0) is 13.1. The van der Waals surface area contributed by atoms with Gasteiger partial charge in [0.05, 0.1) is 5.52 Å². The molecule has 2 heterocycles.